The van der Waals surface area contributed by atoms with E-state index in [4.69, 9.17) is 4.74 Å². The van der Waals surface area contributed by atoms with Gasteiger partial charge < -0.3 is 4.74 Å². The lowest BCUT2D eigenvalue weighted by Crippen LogP contribution is -1.92. The molecule has 0 unspecified atom stereocenters. The van der Waals surface area contributed by atoms with Crippen molar-refractivity contribution < 1.29 is 4.74 Å². The van der Waals surface area contributed by atoms with Gasteiger partial charge in [-0.2, -0.15) is 0 Å². The highest BCUT2D eigenvalue weighted by Crippen LogP contribution is 2.20. The van der Waals surface area contributed by atoms with Gasteiger partial charge in [0.25, 0.3) is 0 Å². The zero-order valence-corrected chi connectivity index (χ0v) is 9.94. The highest BCUT2D eigenvalue weighted by Gasteiger charge is 2.00. The summed E-state index contributed by atoms with van der Waals surface area (Å²) in [5, 5.41) is 0. The fourth-order valence-corrected chi connectivity index (χ4v) is 1.32. The molecule has 0 saturated carbocycles. The van der Waals surface area contributed by atoms with Crippen LogP contribution in [0.1, 0.15) is 25.3 Å². The van der Waals surface area contributed by atoms with E-state index in [0.29, 0.717) is 11.7 Å². The minimum Gasteiger partial charge on any atom is -0.457 e. The lowest BCUT2D eigenvalue weighted by molar-refractivity contribution is 0.444. The summed E-state index contributed by atoms with van der Waals surface area (Å²) in [5.41, 5.74) is 1.31. The SMILES string of the molecule is C=C/C=C(\C=C)Oc1ccc(C(C)C)cc1. The molecule has 0 heterocycles. The molecule has 0 atom stereocenters. The Hall–Kier alpha value is -1.76. The number of hydrogen-bond donors (Lipinski definition) is 0. The highest BCUT2D eigenvalue weighted by atomic mass is 16.5. The Morgan fingerprint density at radius 2 is 1.81 bits per heavy atom. The Bertz CT molecular complexity index is 382. The average Bonchev–Trinajstić information content (AvgIpc) is 2.29. The van der Waals surface area contributed by atoms with Crippen LogP contribution >= 0.6 is 0 Å². The van der Waals surface area contributed by atoms with Crippen LogP contribution in [0.3, 0.4) is 0 Å². The van der Waals surface area contributed by atoms with Crippen molar-refractivity contribution in [3.63, 3.8) is 0 Å². The summed E-state index contributed by atoms with van der Waals surface area (Å²) < 4.78 is 5.61. The second kappa shape index (κ2) is 5.96. The average molecular weight is 214 g/mol. The Balaban J connectivity index is 2.78. The van der Waals surface area contributed by atoms with Crippen molar-refractivity contribution in [3.05, 3.63) is 67.0 Å². The molecule has 0 fully saturated rings. The maximum Gasteiger partial charge on any atom is 0.127 e. The topological polar surface area (TPSA) is 9.23 Å². The van der Waals surface area contributed by atoms with Gasteiger partial charge >= 0.3 is 0 Å². The summed E-state index contributed by atoms with van der Waals surface area (Å²) in [5.74, 6) is 2.06. The smallest absolute Gasteiger partial charge is 0.127 e. The minimum atomic E-state index is 0.539. The van der Waals surface area contributed by atoms with E-state index in [9.17, 15) is 0 Å². The first kappa shape index (κ1) is 12.3. The van der Waals surface area contributed by atoms with Crippen LogP contribution in [-0.2, 0) is 0 Å². The Morgan fingerprint density at radius 3 is 2.25 bits per heavy atom. The summed E-state index contributed by atoms with van der Waals surface area (Å²) in [6.45, 7) is 11.6. The molecule has 1 nitrogen and oxygen atoms in total. The molecule has 0 N–H and O–H groups in total. The van der Waals surface area contributed by atoms with Crippen LogP contribution < -0.4 is 4.74 Å². The standard InChI is InChI=1S/C15H18O/c1-5-7-14(6-2)16-15-10-8-13(9-11-15)12(3)4/h5-12H,1-2H2,3-4H3/b14-7+. The Labute approximate surface area is 97.8 Å². The van der Waals surface area contributed by atoms with Crippen molar-refractivity contribution in [2.75, 3.05) is 0 Å². The van der Waals surface area contributed by atoms with Gasteiger partial charge in [0.1, 0.15) is 11.5 Å². The molecule has 0 aliphatic carbocycles. The van der Waals surface area contributed by atoms with E-state index in [1.807, 2.05) is 12.1 Å². The monoisotopic (exact) mass is 214 g/mol. The second-order valence-electron chi connectivity index (χ2n) is 3.83. The lowest BCUT2D eigenvalue weighted by atomic mass is 10.0. The summed E-state index contributed by atoms with van der Waals surface area (Å²) in [6, 6.07) is 8.09. The van der Waals surface area contributed by atoms with E-state index in [-0.39, 0.29) is 0 Å². The zero-order valence-electron chi connectivity index (χ0n) is 9.94. The number of rotatable bonds is 5. The molecule has 1 heteroatoms. The Kier molecular flexibility index (Phi) is 4.59. The van der Waals surface area contributed by atoms with Gasteiger partial charge in [-0.25, -0.2) is 0 Å². The molecule has 1 aromatic carbocycles. The maximum atomic E-state index is 5.61. The Morgan fingerprint density at radius 1 is 1.19 bits per heavy atom. The number of allylic oxidation sites excluding steroid dienone is 3. The molecular weight excluding hydrogens is 196 g/mol. The van der Waals surface area contributed by atoms with Gasteiger partial charge in [-0.15, -0.1) is 0 Å². The quantitative estimate of drug-likeness (QED) is 0.520. The molecule has 0 aliphatic rings. The summed E-state index contributed by atoms with van der Waals surface area (Å²) in [7, 11) is 0. The van der Waals surface area contributed by atoms with Crippen molar-refractivity contribution in [3.8, 4) is 5.75 Å². The van der Waals surface area contributed by atoms with Crippen LogP contribution in [0.2, 0.25) is 0 Å². The number of ether oxygens (including phenoxy) is 1. The van der Waals surface area contributed by atoms with Crippen molar-refractivity contribution in [2.45, 2.75) is 19.8 Å². The fourth-order valence-electron chi connectivity index (χ4n) is 1.32. The van der Waals surface area contributed by atoms with Gasteiger partial charge in [-0.05, 0) is 35.8 Å². The molecule has 1 rings (SSSR count). The van der Waals surface area contributed by atoms with Crippen molar-refractivity contribution >= 4 is 0 Å². The molecule has 84 valence electrons. The first-order valence-electron chi connectivity index (χ1n) is 5.40. The molecular formula is C15H18O. The van der Waals surface area contributed by atoms with Gasteiger partial charge in [0.2, 0.25) is 0 Å². The van der Waals surface area contributed by atoms with Crippen LogP contribution in [0.25, 0.3) is 0 Å². The summed E-state index contributed by atoms with van der Waals surface area (Å²) in [6.07, 6.45) is 5.13. The van der Waals surface area contributed by atoms with Crippen molar-refractivity contribution in [1.82, 2.24) is 0 Å². The third kappa shape index (κ3) is 3.43. The molecule has 0 spiro atoms. The van der Waals surface area contributed by atoms with Gasteiger partial charge in [0, 0.05) is 0 Å². The lowest BCUT2D eigenvalue weighted by Gasteiger charge is -2.08. The van der Waals surface area contributed by atoms with Crippen molar-refractivity contribution in [1.29, 1.82) is 0 Å². The van der Waals surface area contributed by atoms with E-state index >= 15 is 0 Å². The minimum absolute atomic E-state index is 0.539. The van der Waals surface area contributed by atoms with Gasteiger partial charge in [0.05, 0.1) is 0 Å². The van der Waals surface area contributed by atoms with Gasteiger partial charge in [0.15, 0.2) is 0 Å². The number of hydrogen-bond acceptors (Lipinski definition) is 1. The van der Waals surface area contributed by atoms with Crippen LogP contribution in [0, 0.1) is 0 Å². The molecule has 1 aromatic rings. The van der Waals surface area contributed by atoms with E-state index < -0.39 is 0 Å². The highest BCUT2D eigenvalue weighted by molar-refractivity contribution is 5.31. The van der Waals surface area contributed by atoms with Crippen LogP contribution in [0.15, 0.2) is 61.4 Å². The second-order valence-corrected chi connectivity index (χ2v) is 3.83. The van der Waals surface area contributed by atoms with Crippen LogP contribution in [-0.4, -0.2) is 0 Å². The molecule has 0 saturated heterocycles. The van der Waals surface area contributed by atoms with Crippen molar-refractivity contribution in [2.24, 2.45) is 0 Å². The zero-order chi connectivity index (χ0) is 12.0. The van der Waals surface area contributed by atoms with Crippen LogP contribution in [0.4, 0.5) is 0 Å². The first-order chi connectivity index (χ1) is 7.67. The normalized spacial score (nSPS) is 11.3. The predicted octanol–water partition coefficient (Wildman–Crippen LogP) is 4.44. The largest absolute Gasteiger partial charge is 0.457 e. The van der Waals surface area contributed by atoms with E-state index in [2.05, 4.69) is 39.1 Å². The van der Waals surface area contributed by atoms with E-state index in [1.165, 1.54) is 5.56 Å². The molecule has 0 radical (unpaired) electrons. The third-order valence-corrected chi connectivity index (χ3v) is 2.27. The molecule has 0 aliphatic heterocycles. The summed E-state index contributed by atoms with van der Waals surface area (Å²) in [4.78, 5) is 0. The predicted molar refractivity (Wildman–Crippen MR) is 69.6 cm³/mol. The van der Waals surface area contributed by atoms with Gasteiger partial charge in [-0.1, -0.05) is 45.2 Å². The molecule has 0 bridgehead atoms. The fraction of sp³-hybridized carbons (Fsp3) is 0.200. The first-order valence-corrected chi connectivity index (χ1v) is 5.40. The molecule has 0 amide bonds. The van der Waals surface area contributed by atoms with E-state index in [1.54, 1.807) is 18.2 Å². The van der Waals surface area contributed by atoms with Gasteiger partial charge in [-0.3, -0.25) is 0 Å². The number of benzene rings is 1. The van der Waals surface area contributed by atoms with E-state index in [0.717, 1.165) is 5.75 Å². The molecule has 0 aromatic heterocycles. The summed E-state index contributed by atoms with van der Waals surface area (Å²) >= 11 is 0. The maximum absolute atomic E-state index is 5.61. The van der Waals surface area contributed by atoms with Crippen LogP contribution in [0.5, 0.6) is 5.75 Å². The third-order valence-electron chi connectivity index (χ3n) is 2.27. The molecule has 16 heavy (non-hydrogen) atoms.